The number of nitrogens with one attached hydrogen (secondary N) is 1. The molecule has 1 aromatic carbocycles. The molecule has 2 N–H and O–H groups in total. The highest BCUT2D eigenvalue weighted by atomic mass is 19.4. The Balaban J connectivity index is 3.15. The minimum absolute atomic E-state index is 0.101. The van der Waals surface area contributed by atoms with Gasteiger partial charge in [0.2, 0.25) is 0 Å². The fourth-order valence-corrected chi connectivity index (χ4v) is 1.52. The topological polar surface area (TPSA) is 66.4 Å². The van der Waals surface area contributed by atoms with E-state index in [-0.39, 0.29) is 18.2 Å². The number of carboxylic acids is 1. The van der Waals surface area contributed by atoms with E-state index < -0.39 is 53.4 Å². The van der Waals surface area contributed by atoms with Crippen LogP contribution >= 0.6 is 0 Å². The normalized spacial score (nSPS) is 13.5. The van der Waals surface area contributed by atoms with Gasteiger partial charge in [0, 0.05) is 12.1 Å². The largest absolute Gasteiger partial charge is 0.481 e. The molecule has 4 nitrogen and oxygen atoms in total. The summed E-state index contributed by atoms with van der Waals surface area (Å²) in [6.45, 7) is 0.779. The van der Waals surface area contributed by atoms with Crippen LogP contribution in [0.4, 0.5) is 26.3 Å². The van der Waals surface area contributed by atoms with Crippen molar-refractivity contribution in [1.29, 1.82) is 0 Å². The van der Waals surface area contributed by atoms with Crippen molar-refractivity contribution in [3.05, 3.63) is 34.9 Å². The van der Waals surface area contributed by atoms with E-state index in [0.29, 0.717) is 0 Å². The zero-order chi connectivity index (χ0) is 18.0. The highest BCUT2D eigenvalue weighted by molar-refractivity contribution is 5.94. The third-order valence-electron chi connectivity index (χ3n) is 2.84. The Morgan fingerprint density at radius 1 is 1.04 bits per heavy atom. The first-order valence-electron chi connectivity index (χ1n) is 6.13. The summed E-state index contributed by atoms with van der Waals surface area (Å²) in [4.78, 5) is 22.3. The molecule has 0 spiro atoms. The van der Waals surface area contributed by atoms with Crippen LogP contribution in [-0.2, 0) is 17.1 Å². The molecule has 0 aliphatic carbocycles. The molecule has 128 valence electrons. The van der Waals surface area contributed by atoms with Crippen LogP contribution in [0.25, 0.3) is 0 Å². The summed E-state index contributed by atoms with van der Waals surface area (Å²) in [5.74, 6) is -3.55. The number of hydrogen-bond donors (Lipinski definition) is 2. The minimum atomic E-state index is -5.06. The number of amides is 1. The number of carbonyl (C=O) groups is 2. The van der Waals surface area contributed by atoms with Gasteiger partial charge in [-0.3, -0.25) is 9.59 Å². The molecule has 0 aromatic heterocycles. The Hall–Kier alpha value is -2.26. The van der Waals surface area contributed by atoms with E-state index in [0.717, 1.165) is 0 Å². The lowest BCUT2D eigenvalue weighted by molar-refractivity contribution is -0.143. The van der Waals surface area contributed by atoms with Crippen molar-refractivity contribution in [2.45, 2.75) is 19.3 Å². The number of benzene rings is 1. The molecule has 0 aliphatic rings. The molecule has 0 bridgehead atoms. The molecule has 1 amide bonds. The van der Waals surface area contributed by atoms with Gasteiger partial charge in [-0.25, -0.2) is 0 Å². The van der Waals surface area contributed by atoms with Crippen molar-refractivity contribution >= 4 is 11.9 Å². The molecule has 0 saturated heterocycles. The number of carbonyl (C=O) groups excluding carboxylic acids is 1. The van der Waals surface area contributed by atoms with E-state index in [9.17, 15) is 35.9 Å². The van der Waals surface area contributed by atoms with Gasteiger partial charge in [0.05, 0.1) is 17.0 Å². The number of alkyl halides is 6. The maximum absolute atomic E-state index is 12.6. The second-order valence-electron chi connectivity index (χ2n) is 4.74. The number of halogens is 6. The second kappa shape index (κ2) is 6.47. The third-order valence-corrected chi connectivity index (χ3v) is 2.84. The Labute approximate surface area is 126 Å². The fourth-order valence-electron chi connectivity index (χ4n) is 1.52. The molecule has 0 heterocycles. The third kappa shape index (κ3) is 5.15. The highest BCUT2D eigenvalue weighted by Gasteiger charge is 2.37. The zero-order valence-electron chi connectivity index (χ0n) is 11.5. The monoisotopic (exact) mass is 343 g/mol. The van der Waals surface area contributed by atoms with Crippen LogP contribution in [0.1, 0.15) is 28.4 Å². The molecule has 0 aliphatic heterocycles. The molecule has 1 unspecified atom stereocenters. The van der Waals surface area contributed by atoms with Crippen molar-refractivity contribution in [3.8, 4) is 0 Å². The standard InChI is InChI=1S/C13H11F6NO3/c1-6(11(22)23)5-20-10(21)7-2-8(12(14,15)16)4-9(3-7)13(17,18)19/h2-4,6H,5H2,1H3,(H,20,21)(H,22,23). The van der Waals surface area contributed by atoms with Crippen LogP contribution in [0.2, 0.25) is 0 Å². The van der Waals surface area contributed by atoms with Crippen molar-refractivity contribution < 1.29 is 41.0 Å². The molecule has 1 atom stereocenters. The predicted octanol–water partition coefficient (Wildman–Crippen LogP) is 3.17. The number of hydrogen-bond acceptors (Lipinski definition) is 2. The second-order valence-corrected chi connectivity index (χ2v) is 4.74. The highest BCUT2D eigenvalue weighted by Crippen LogP contribution is 2.36. The van der Waals surface area contributed by atoms with Gasteiger partial charge in [-0.05, 0) is 18.2 Å². The van der Waals surface area contributed by atoms with Gasteiger partial charge in [-0.1, -0.05) is 6.92 Å². The maximum Gasteiger partial charge on any atom is 0.416 e. The van der Waals surface area contributed by atoms with Crippen LogP contribution in [-0.4, -0.2) is 23.5 Å². The Bertz CT molecular complexity index is 576. The summed E-state index contributed by atoms with van der Waals surface area (Å²) in [5.41, 5.74) is -4.10. The van der Waals surface area contributed by atoms with Gasteiger partial charge in [0.25, 0.3) is 5.91 Å². The first-order chi connectivity index (χ1) is 10.3. The van der Waals surface area contributed by atoms with E-state index in [2.05, 4.69) is 0 Å². The minimum Gasteiger partial charge on any atom is -0.481 e. The van der Waals surface area contributed by atoms with Crippen molar-refractivity contribution in [3.63, 3.8) is 0 Å². The lowest BCUT2D eigenvalue weighted by Gasteiger charge is -2.14. The molecule has 10 heteroatoms. The Morgan fingerprint density at radius 3 is 1.83 bits per heavy atom. The summed E-state index contributed by atoms with van der Waals surface area (Å²) in [6, 6.07) is 0.447. The summed E-state index contributed by atoms with van der Waals surface area (Å²) in [7, 11) is 0. The number of aliphatic carboxylic acids is 1. The van der Waals surface area contributed by atoms with E-state index >= 15 is 0 Å². The fraction of sp³-hybridized carbons (Fsp3) is 0.385. The maximum atomic E-state index is 12.6. The Kier molecular flexibility index (Phi) is 5.28. The van der Waals surface area contributed by atoms with Crippen molar-refractivity contribution in [2.75, 3.05) is 6.54 Å². The smallest absolute Gasteiger partial charge is 0.416 e. The van der Waals surface area contributed by atoms with Gasteiger partial charge in [-0.15, -0.1) is 0 Å². The first-order valence-corrected chi connectivity index (χ1v) is 6.13. The molecular weight excluding hydrogens is 332 g/mol. The number of rotatable bonds is 4. The van der Waals surface area contributed by atoms with Crippen LogP contribution in [0.3, 0.4) is 0 Å². The molecule has 0 saturated carbocycles. The van der Waals surface area contributed by atoms with E-state index in [1.165, 1.54) is 6.92 Å². The molecule has 0 radical (unpaired) electrons. The molecule has 1 aromatic rings. The summed E-state index contributed by atoms with van der Waals surface area (Å²) in [5, 5.41) is 10.6. The van der Waals surface area contributed by atoms with Crippen molar-refractivity contribution in [2.24, 2.45) is 5.92 Å². The predicted molar refractivity (Wildman–Crippen MR) is 65.6 cm³/mol. The molecule has 0 fully saturated rings. The molecule has 23 heavy (non-hydrogen) atoms. The summed E-state index contributed by atoms with van der Waals surface area (Å²) < 4.78 is 75.9. The van der Waals surface area contributed by atoms with E-state index in [1.807, 2.05) is 5.32 Å². The summed E-state index contributed by atoms with van der Waals surface area (Å²) >= 11 is 0. The zero-order valence-corrected chi connectivity index (χ0v) is 11.5. The van der Waals surface area contributed by atoms with Gasteiger partial charge in [0.1, 0.15) is 0 Å². The van der Waals surface area contributed by atoms with Crippen LogP contribution in [0.15, 0.2) is 18.2 Å². The first kappa shape index (κ1) is 18.8. The van der Waals surface area contributed by atoms with Gasteiger partial charge < -0.3 is 10.4 Å². The van der Waals surface area contributed by atoms with Crippen LogP contribution in [0.5, 0.6) is 0 Å². The molecular formula is C13H11F6NO3. The van der Waals surface area contributed by atoms with Crippen LogP contribution in [0, 0.1) is 5.92 Å². The van der Waals surface area contributed by atoms with Crippen LogP contribution < -0.4 is 5.32 Å². The Morgan fingerprint density at radius 2 is 1.48 bits per heavy atom. The van der Waals surface area contributed by atoms with Gasteiger partial charge >= 0.3 is 18.3 Å². The average Bonchev–Trinajstić information content (AvgIpc) is 2.41. The lowest BCUT2D eigenvalue weighted by Crippen LogP contribution is -2.31. The number of carboxylic acid groups (broad SMARTS) is 1. The van der Waals surface area contributed by atoms with Gasteiger partial charge in [0.15, 0.2) is 0 Å². The summed E-state index contributed by atoms with van der Waals surface area (Å²) in [6.07, 6.45) is -10.1. The molecule has 1 rings (SSSR count). The van der Waals surface area contributed by atoms with Crippen molar-refractivity contribution in [1.82, 2.24) is 5.32 Å². The lowest BCUT2D eigenvalue weighted by atomic mass is 10.0. The SMILES string of the molecule is CC(CNC(=O)c1cc(C(F)(F)F)cc(C(F)(F)F)c1)C(=O)O. The average molecular weight is 343 g/mol. The van der Waals surface area contributed by atoms with E-state index in [1.54, 1.807) is 0 Å². The van der Waals surface area contributed by atoms with E-state index in [4.69, 9.17) is 5.11 Å². The quantitative estimate of drug-likeness (QED) is 0.826. The van der Waals surface area contributed by atoms with Gasteiger partial charge in [-0.2, -0.15) is 26.3 Å².